The number of unbranched alkanes of at least 4 members (excludes halogenated alkanes) is 3. The number of carbonyl (C=O) groups excluding carboxylic acids is 1. The summed E-state index contributed by atoms with van der Waals surface area (Å²) in [5, 5.41) is 0. The molecule has 12 heteroatoms. The summed E-state index contributed by atoms with van der Waals surface area (Å²) in [6.45, 7) is 9.53. The standard InChI is InChI=1S/C26H37N3O6S3/c1-6-7-8-12-22-20(5)29-23(25(36(22)31)37(32,33)17-10-9-11-18(2)3)24(27-26(29)30)28-38(34,35)21-15-13-19(4)14-16-21/h13-16,18H,6-12,17H2,1-5H3,(H,27,28,30). The van der Waals surface area contributed by atoms with Crippen molar-refractivity contribution in [2.45, 2.75) is 84.5 Å². The van der Waals surface area contributed by atoms with Crippen LogP contribution in [0.15, 0.2) is 54.7 Å². The molecule has 0 saturated heterocycles. The minimum absolute atomic E-state index is 0.0696. The molecule has 0 saturated carbocycles. The molecule has 1 atom stereocenters. The lowest BCUT2D eigenvalue weighted by atomic mass is 10.1. The molecule has 1 aromatic carbocycles. The largest absolute Gasteiger partial charge is 0.354 e. The van der Waals surface area contributed by atoms with Crippen molar-refractivity contribution in [1.82, 2.24) is 9.62 Å². The van der Waals surface area contributed by atoms with Gasteiger partial charge in [-0.25, -0.2) is 25.8 Å². The van der Waals surface area contributed by atoms with E-state index in [2.05, 4.69) is 23.6 Å². The molecule has 210 valence electrons. The molecular formula is C26H37N3O6S3. The van der Waals surface area contributed by atoms with Crippen molar-refractivity contribution in [3.8, 4) is 0 Å². The van der Waals surface area contributed by atoms with Crippen LogP contribution in [-0.4, -0.2) is 43.6 Å². The lowest BCUT2D eigenvalue weighted by Crippen LogP contribution is -2.38. The van der Waals surface area contributed by atoms with E-state index in [4.69, 9.17) is 0 Å². The summed E-state index contributed by atoms with van der Waals surface area (Å²) in [4.78, 5) is 18.3. The van der Waals surface area contributed by atoms with E-state index >= 15 is 0 Å². The number of hydrogen-bond donors (Lipinski definition) is 1. The molecule has 1 N–H and O–H groups in total. The van der Waals surface area contributed by atoms with Gasteiger partial charge in [0.05, 0.1) is 21.4 Å². The van der Waals surface area contributed by atoms with Crippen LogP contribution in [0.5, 0.6) is 0 Å². The number of benzene rings is 1. The molecule has 2 aliphatic heterocycles. The minimum Gasteiger partial charge on any atom is -0.261 e. The number of sulfonamides is 1. The van der Waals surface area contributed by atoms with Gasteiger partial charge in [0, 0.05) is 10.6 Å². The summed E-state index contributed by atoms with van der Waals surface area (Å²) in [6.07, 6.45) is 4.69. The number of amides is 2. The first kappa shape index (κ1) is 30.2. The smallest absolute Gasteiger partial charge is 0.261 e. The summed E-state index contributed by atoms with van der Waals surface area (Å²) in [6, 6.07) is 5.24. The number of aryl methyl sites for hydroxylation is 1. The maximum absolute atomic E-state index is 13.8. The maximum atomic E-state index is 13.8. The highest BCUT2D eigenvalue weighted by Gasteiger charge is 2.46. The Bertz CT molecular complexity index is 1410. The Hall–Kier alpha value is -2.31. The Balaban J connectivity index is 2.08. The number of nitrogens with one attached hydrogen (secondary N) is 1. The van der Waals surface area contributed by atoms with Gasteiger partial charge >= 0.3 is 6.03 Å². The van der Waals surface area contributed by atoms with Gasteiger partial charge in [-0.2, -0.15) is 4.99 Å². The fourth-order valence-electron chi connectivity index (χ4n) is 4.34. The quantitative estimate of drug-likeness (QED) is 0.341. The number of rotatable bonds is 12. The van der Waals surface area contributed by atoms with E-state index in [1.807, 2.05) is 13.8 Å². The highest BCUT2D eigenvalue weighted by molar-refractivity contribution is 8.13. The number of urea groups is 1. The summed E-state index contributed by atoms with van der Waals surface area (Å²) in [5.41, 5.74) is 0.923. The van der Waals surface area contributed by atoms with Crippen LogP contribution >= 0.6 is 0 Å². The van der Waals surface area contributed by atoms with Crippen molar-refractivity contribution in [3.63, 3.8) is 0 Å². The number of hydrogen-bond acceptors (Lipinski definition) is 6. The van der Waals surface area contributed by atoms with Gasteiger partial charge < -0.3 is 0 Å². The fraction of sp³-hybridized carbons (Fsp3) is 0.538. The number of aliphatic imine (C=N–C) groups is 1. The molecule has 0 aliphatic carbocycles. The lowest BCUT2D eigenvalue weighted by Gasteiger charge is -2.29. The third kappa shape index (κ3) is 6.63. The Morgan fingerprint density at radius 2 is 1.66 bits per heavy atom. The molecule has 2 aliphatic rings. The molecule has 3 rings (SSSR count). The van der Waals surface area contributed by atoms with E-state index < -0.39 is 46.8 Å². The summed E-state index contributed by atoms with van der Waals surface area (Å²) in [7, 11) is -10.4. The van der Waals surface area contributed by atoms with Crippen LogP contribution in [0.4, 0.5) is 4.79 Å². The summed E-state index contributed by atoms with van der Waals surface area (Å²) >= 11 is 0. The maximum Gasteiger partial charge on any atom is 0.354 e. The third-order valence-electron chi connectivity index (χ3n) is 6.47. The first-order valence-electron chi connectivity index (χ1n) is 12.9. The molecule has 0 fully saturated rings. The Labute approximate surface area is 228 Å². The minimum atomic E-state index is -4.20. The topological polar surface area (TPSA) is 130 Å². The molecule has 9 nitrogen and oxygen atoms in total. The van der Waals surface area contributed by atoms with Crippen molar-refractivity contribution in [2.24, 2.45) is 10.9 Å². The molecule has 0 radical (unpaired) electrons. The Kier molecular flexibility index (Phi) is 9.75. The summed E-state index contributed by atoms with van der Waals surface area (Å²) in [5.74, 6) is -0.278. The number of allylic oxidation sites excluding steroid dienone is 2. The number of fused-ring (bicyclic) bond motifs is 1. The van der Waals surface area contributed by atoms with Crippen LogP contribution in [0.3, 0.4) is 0 Å². The van der Waals surface area contributed by atoms with E-state index in [1.54, 1.807) is 19.1 Å². The van der Waals surface area contributed by atoms with Crippen molar-refractivity contribution in [1.29, 1.82) is 0 Å². The van der Waals surface area contributed by atoms with E-state index in [1.165, 1.54) is 12.1 Å². The van der Waals surface area contributed by atoms with Gasteiger partial charge in [0.15, 0.2) is 19.9 Å². The Morgan fingerprint density at radius 3 is 2.26 bits per heavy atom. The average Bonchev–Trinajstić information content (AvgIpc) is 3.13. The fourth-order valence-corrected chi connectivity index (χ4v) is 9.35. The summed E-state index contributed by atoms with van der Waals surface area (Å²) < 4.78 is 69.2. The lowest BCUT2D eigenvalue weighted by molar-refractivity contribution is 0.234. The SMILES string of the molecule is CCCCCC1=C(C)N2C(=O)N=C(NS(=O)(=O)c3ccc(C)cc3)C2=C(S(=O)(=O)CCCCC(C)C)S1=O. The predicted molar refractivity (Wildman–Crippen MR) is 151 cm³/mol. The zero-order valence-electron chi connectivity index (χ0n) is 22.6. The zero-order valence-corrected chi connectivity index (χ0v) is 25.1. The van der Waals surface area contributed by atoms with Crippen LogP contribution in [0.25, 0.3) is 0 Å². The first-order chi connectivity index (χ1) is 17.8. The van der Waals surface area contributed by atoms with Gasteiger partial charge in [-0.05, 0) is 51.2 Å². The highest BCUT2D eigenvalue weighted by atomic mass is 32.3. The molecule has 1 aromatic rings. The highest BCUT2D eigenvalue weighted by Crippen LogP contribution is 2.40. The second-order valence-corrected chi connectivity index (χ2v) is 15.5. The Morgan fingerprint density at radius 1 is 1.00 bits per heavy atom. The van der Waals surface area contributed by atoms with E-state index in [0.717, 1.165) is 29.7 Å². The second-order valence-electron chi connectivity index (χ2n) is 10.1. The second kappa shape index (κ2) is 12.3. The van der Waals surface area contributed by atoms with Crippen molar-refractivity contribution < 1.29 is 25.8 Å². The first-order valence-corrected chi connectivity index (χ1v) is 17.2. The molecular weight excluding hydrogens is 547 g/mol. The number of carbonyl (C=O) groups is 1. The zero-order chi connectivity index (χ0) is 28.3. The molecule has 0 spiro atoms. The molecule has 1 unspecified atom stereocenters. The van der Waals surface area contributed by atoms with Gasteiger partial charge in [-0.3, -0.25) is 9.62 Å². The van der Waals surface area contributed by atoms with E-state index in [9.17, 15) is 25.8 Å². The predicted octanol–water partition coefficient (Wildman–Crippen LogP) is 5.09. The van der Waals surface area contributed by atoms with Gasteiger partial charge in [-0.15, -0.1) is 0 Å². The van der Waals surface area contributed by atoms with Crippen LogP contribution < -0.4 is 4.72 Å². The molecule has 38 heavy (non-hydrogen) atoms. The van der Waals surface area contributed by atoms with Gasteiger partial charge in [0.2, 0.25) is 0 Å². The monoisotopic (exact) mass is 583 g/mol. The van der Waals surface area contributed by atoms with Crippen molar-refractivity contribution in [3.05, 3.63) is 50.4 Å². The molecule has 2 heterocycles. The average molecular weight is 584 g/mol. The van der Waals surface area contributed by atoms with Crippen LogP contribution in [-0.2, 0) is 30.7 Å². The van der Waals surface area contributed by atoms with Crippen LogP contribution in [0.1, 0.15) is 78.2 Å². The van der Waals surface area contributed by atoms with Gasteiger partial charge in [0.1, 0.15) is 5.70 Å². The normalized spacial score (nSPS) is 18.4. The van der Waals surface area contributed by atoms with Gasteiger partial charge in [-0.1, -0.05) is 64.2 Å². The number of sulfone groups is 1. The van der Waals surface area contributed by atoms with Crippen molar-refractivity contribution in [2.75, 3.05) is 5.75 Å². The van der Waals surface area contributed by atoms with E-state index in [-0.39, 0.29) is 16.3 Å². The molecule has 0 bridgehead atoms. The van der Waals surface area contributed by atoms with Crippen LogP contribution in [0, 0.1) is 12.8 Å². The van der Waals surface area contributed by atoms with E-state index in [0.29, 0.717) is 42.2 Å². The number of amidine groups is 1. The van der Waals surface area contributed by atoms with Crippen LogP contribution in [0.2, 0.25) is 0 Å². The van der Waals surface area contributed by atoms with Crippen molar-refractivity contribution >= 4 is 42.5 Å². The third-order valence-corrected chi connectivity index (χ3v) is 12.1. The van der Waals surface area contributed by atoms with Gasteiger partial charge in [0.25, 0.3) is 10.0 Å². The molecule has 0 aromatic heterocycles. The molecule has 2 amide bonds. The number of nitrogens with zero attached hydrogens (tertiary/aromatic N) is 2.